The Labute approximate surface area is 127 Å². The number of nitrogens with zero attached hydrogens (tertiary/aromatic N) is 1. The first-order valence-corrected chi connectivity index (χ1v) is 7.48. The average Bonchev–Trinajstić information content (AvgIpc) is 3.34. The molecular formula is C17H24N2O2. The van der Waals surface area contributed by atoms with Crippen molar-refractivity contribution in [2.24, 2.45) is 5.73 Å². The van der Waals surface area contributed by atoms with Gasteiger partial charge in [-0.1, -0.05) is 17.9 Å². The number of rotatable bonds is 8. The van der Waals surface area contributed by atoms with Crippen LogP contribution >= 0.6 is 0 Å². The van der Waals surface area contributed by atoms with E-state index >= 15 is 0 Å². The second kappa shape index (κ2) is 8.68. The molecule has 0 aliphatic heterocycles. The van der Waals surface area contributed by atoms with Gasteiger partial charge in [0.15, 0.2) is 0 Å². The molecule has 4 nitrogen and oxygen atoms in total. The van der Waals surface area contributed by atoms with Crippen LogP contribution in [-0.2, 0) is 4.74 Å². The van der Waals surface area contributed by atoms with Gasteiger partial charge in [-0.2, -0.15) is 0 Å². The quantitative estimate of drug-likeness (QED) is 0.736. The molecule has 21 heavy (non-hydrogen) atoms. The average molecular weight is 288 g/mol. The third-order valence-corrected chi connectivity index (χ3v) is 3.46. The molecule has 0 amide bonds. The van der Waals surface area contributed by atoms with Gasteiger partial charge in [0.1, 0.15) is 12.4 Å². The molecule has 0 bridgehead atoms. The minimum absolute atomic E-state index is 0.376. The lowest BCUT2D eigenvalue weighted by molar-refractivity contribution is 0.130. The van der Waals surface area contributed by atoms with Crippen molar-refractivity contribution in [1.82, 2.24) is 4.90 Å². The van der Waals surface area contributed by atoms with Crippen molar-refractivity contribution >= 4 is 0 Å². The van der Waals surface area contributed by atoms with E-state index in [0.29, 0.717) is 13.2 Å². The Balaban J connectivity index is 1.79. The Morgan fingerprint density at radius 1 is 1.29 bits per heavy atom. The SMILES string of the molecule is COCCN(CCOc1cccc(C#CCN)c1)C1CC1. The number of ether oxygens (including phenoxy) is 2. The molecule has 1 saturated carbocycles. The molecule has 0 aromatic heterocycles. The van der Waals surface area contributed by atoms with Gasteiger partial charge in [-0.25, -0.2) is 0 Å². The highest BCUT2D eigenvalue weighted by Crippen LogP contribution is 2.26. The third-order valence-electron chi connectivity index (χ3n) is 3.46. The van der Waals surface area contributed by atoms with E-state index in [2.05, 4.69) is 16.7 Å². The number of methoxy groups -OCH3 is 1. The summed E-state index contributed by atoms with van der Waals surface area (Å²) in [5.41, 5.74) is 6.32. The van der Waals surface area contributed by atoms with Gasteiger partial charge in [-0.3, -0.25) is 4.90 Å². The van der Waals surface area contributed by atoms with Crippen molar-refractivity contribution in [2.75, 3.05) is 40.0 Å². The predicted molar refractivity (Wildman–Crippen MR) is 84.3 cm³/mol. The van der Waals surface area contributed by atoms with Crippen molar-refractivity contribution < 1.29 is 9.47 Å². The maximum atomic E-state index is 5.83. The fourth-order valence-corrected chi connectivity index (χ4v) is 2.22. The predicted octanol–water partition coefficient (Wildman–Crippen LogP) is 1.49. The van der Waals surface area contributed by atoms with Gasteiger partial charge in [0.2, 0.25) is 0 Å². The molecule has 0 saturated heterocycles. The summed E-state index contributed by atoms with van der Waals surface area (Å²) < 4.78 is 11.0. The van der Waals surface area contributed by atoms with Crippen LogP contribution in [0.5, 0.6) is 5.75 Å². The third kappa shape index (κ3) is 5.76. The van der Waals surface area contributed by atoms with Gasteiger partial charge in [-0.15, -0.1) is 0 Å². The number of hydrogen-bond donors (Lipinski definition) is 1. The Kier molecular flexibility index (Phi) is 6.55. The van der Waals surface area contributed by atoms with E-state index < -0.39 is 0 Å². The maximum absolute atomic E-state index is 5.83. The lowest BCUT2D eigenvalue weighted by Gasteiger charge is -2.21. The summed E-state index contributed by atoms with van der Waals surface area (Å²) in [4.78, 5) is 2.45. The van der Waals surface area contributed by atoms with Crippen molar-refractivity contribution in [2.45, 2.75) is 18.9 Å². The number of benzene rings is 1. The van der Waals surface area contributed by atoms with Crippen LogP contribution in [0.15, 0.2) is 24.3 Å². The molecule has 0 radical (unpaired) electrons. The van der Waals surface area contributed by atoms with E-state index in [1.54, 1.807) is 7.11 Å². The molecule has 114 valence electrons. The highest BCUT2D eigenvalue weighted by Gasteiger charge is 2.28. The molecule has 0 spiro atoms. The Morgan fingerprint density at radius 3 is 2.81 bits per heavy atom. The molecule has 0 atom stereocenters. The van der Waals surface area contributed by atoms with Gasteiger partial charge in [0.05, 0.1) is 13.2 Å². The smallest absolute Gasteiger partial charge is 0.120 e. The molecule has 1 aromatic rings. The van der Waals surface area contributed by atoms with Crippen molar-refractivity contribution in [3.63, 3.8) is 0 Å². The molecule has 4 heteroatoms. The van der Waals surface area contributed by atoms with Gasteiger partial charge in [-0.05, 0) is 31.0 Å². The van der Waals surface area contributed by atoms with Gasteiger partial charge in [0.25, 0.3) is 0 Å². The fourth-order valence-electron chi connectivity index (χ4n) is 2.22. The second-order valence-electron chi connectivity index (χ2n) is 5.14. The summed E-state index contributed by atoms with van der Waals surface area (Å²) in [7, 11) is 1.75. The zero-order valence-corrected chi connectivity index (χ0v) is 12.7. The van der Waals surface area contributed by atoms with E-state index in [4.69, 9.17) is 15.2 Å². The first-order chi connectivity index (χ1) is 10.3. The van der Waals surface area contributed by atoms with E-state index in [1.807, 2.05) is 24.3 Å². The van der Waals surface area contributed by atoms with E-state index in [9.17, 15) is 0 Å². The van der Waals surface area contributed by atoms with Gasteiger partial charge < -0.3 is 15.2 Å². The van der Waals surface area contributed by atoms with Crippen LogP contribution in [0, 0.1) is 11.8 Å². The summed E-state index contributed by atoms with van der Waals surface area (Å²) in [6.07, 6.45) is 2.60. The van der Waals surface area contributed by atoms with Crippen LogP contribution in [0.3, 0.4) is 0 Å². The van der Waals surface area contributed by atoms with Crippen LogP contribution in [0.4, 0.5) is 0 Å². The Morgan fingerprint density at radius 2 is 2.10 bits per heavy atom. The summed E-state index contributed by atoms with van der Waals surface area (Å²) in [6, 6.07) is 8.57. The topological polar surface area (TPSA) is 47.7 Å². The zero-order valence-electron chi connectivity index (χ0n) is 12.7. The Hall–Kier alpha value is -1.54. The normalized spacial score (nSPS) is 13.9. The molecule has 0 heterocycles. The molecule has 1 fully saturated rings. The minimum atomic E-state index is 0.376. The van der Waals surface area contributed by atoms with Crippen LogP contribution in [0.1, 0.15) is 18.4 Å². The molecule has 0 unspecified atom stereocenters. The largest absolute Gasteiger partial charge is 0.492 e. The minimum Gasteiger partial charge on any atom is -0.492 e. The lowest BCUT2D eigenvalue weighted by Crippen LogP contribution is -2.33. The molecule has 1 aromatic carbocycles. The van der Waals surface area contributed by atoms with E-state index in [0.717, 1.165) is 37.1 Å². The summed E-state index contributed by atoms with van der Waals surface area (Å²) in [5, 5.41) is 0. The second-order valence-corrected chi connectivity index (χ2v) is 5.14. The van der Waals surface area contributed by atoms with E-state index in [-0.39, 0.29) is 0 Å². The van der Waals surface area contributed by atoms with Crippen LogP contribution in [0.25, 0.3) is 0 Å². The first-order valence-electron chi connectivity index (χ1n) is 7.48. The zero-order chi connectivity index (χ0) is 14.9. The van der Waals surface area contributed by atoms with E-state index in [1.165, 1.54) is 12.8 Å². The Bertz CT molecular complexity index is 489. The molecule has 2 rings (SSSR count). The van der Waals surface area contributed by atoms with Crippen LogP contribution in [-0.4, -0.2) is 50.9 Å². The monoisotopic (exact) mass is 288 g/mol. The molecule has 2 N–H and O–H groups in total. The maximum Gasteiger partial charge on any atom is 0.120 e. The van der Waals surface area contributed by atoms with Crippen molar-refractivity contribution in [1.29, 1.82) is 0 Å². The fraction of sp³-hybridized carbons (Fsp3) is 0.529. The van der Waals surface area contributed by atoms with Crippen LogP contribution in [0.2, 0.25) is 0 Å². The highest BCUT2D eigenvalue weighted by atomic mass is 16.5. The summed E-state index contributed by atoms with van der Waals surface area (Å²) in [5.74, 6) is 6.73. The molecular weight excluding hydrogens is 264 g/mol. The number of hydrogen-bond acceptors (Lipinski definition) is 4. The molecule has 1 aliphatic rings. The number of nitrogens with two attached hydrogens (primary N) is 1. The first kappa shape index (κ1) is 15.8. The lowest BCUT2D eigenvalue weighted by atomic mass is 10.2. The standard InChI is InChI=1S/C17H24N2O2/c1-20-12-10-19(16-7-8-16)11-13-21-17-6-2-4-15(14-17)5-3-9-18/h2,4,6,14,16H,7-13,18H2,1H3. The van der Waals surface area contributed by atoms with Crippen LogP contribution < -0.4 is 10.5 Å². The van der Waals surface area contributed by atoms with Gasteiger partial charge in [0, 0.05) is 31.8 Å². The summed E-state index contributed by atoms with van der Waals surface area (Å²) in [6.45, 7) is 3.76. The van der Waals surface area contributed by atoms with Crippen molar-refractivity contribution in [3.8, 4) is 17.6 Å². The summed E-state index contributed by atoms with van der Waals surface area (Å²) >= 11 is 0. The molecule has 1 aliphatic carbocycles. The van der Waals surface area contributed by atoms with Gasteiger partial charge >= 0.3 is 0 Å². The van der Waals surface area contributed by atoms with Crippen molar-refractivity contribution in [3.05, 3.63) is 29.8 Å². The highest BCUT2D eigenvalue weighted by molar-refractivity contribution is 5.39.